The molecule has 0 amide bonds. The minimum Gasteiger partial charge on any atom is -0.384 e. The van der Waals surface area contributed by atoms with E-state index in [-0.39, 0.29) is 5.92 Å². The van der Waals surface area contributed by atoms with Crippen molar-refractivity contribution in [3.05, 3.63) is 102 Å². The van der Waals surface area contributed by atoms with E-state index >= 15 is 0 Å². The summed E-state index contributed by atoms with van der Waals surface area (Å²) in [6.45, 7) is 0. The van der Waals surface area contributed by atoms with Gasteiger partial charge in [-0.2, -0.15) is 0 Å². The van der Waals surface area contributed by atoms with Gasteiger partial charge in [0.15, 0.2) is 0 Å². The lowest BCUT2D eigenvalue weighted by atomic mass is 9.88. The van der Waals surface area contributed by atoms with Crippen molar-refractivity contribution in [2.24, 2.45) is 0 Å². The number of nitrogens with one attached hydrogen (secondary N) is 1. The van der Waals surface area contributed by atoms with Crippen LogP contribution in [0.5, 0.6) is 0 Å². The SMILES string of the molecule is Nc1cccc(Nc2ncccc2CC(c2cccnc2)c2cccnc2)n1. The Bertz CT molecular complexity index is 997. The highest BCUT2D eigenvalue weighted by Gasteiger charge is 2.18. The molecule has 138 valence electrons. The molecule has 4 aromatic rings. The number of nitrogen functional groups attached to an aromatic ring is 1. The molecule has 0 aliphatic heterocycles. The van der Waals surface area contributed by atoms with E-state index in [9.17, 15) is 0 Å². The Morgan fingerprint density at radius 2 is 1.54 bits per heavy atom. The second kappa shape index (κ2) is 8.26. The molecule has 4 rings (SSSR count). The van der Waals surface area contributed by atoms with Crippen LogP contribution < -0.4 is 11.1 Å². The Balaban J connectivity index is 1.68. The van der Waals surface area contributed by atoms with Crippen molar-refractivity contribution in [1.82, 2.24) is 19.9 Å². The number of hydrogen-bond acceptors (Lipinski definition) is 6. The van der Waals surface area contributed by atoms with Gasteiger partial charge in [-0.3, -0.25) is 9.97 Å². The van der Waals surface area contributed by atoms with Crippen molar-refractivity contribution < 1.29 is 0 Å². The van der Waals surface area contributed by atoms with Crippen molar-refractivity contribution in [1.29, 1.82) is 0 Å². The number of hydrogen-bond donors (Lipinski definition) is 2. The van der Waals surface area contributed by atoms with Crippen LogP contribution in [-0.2, 0) is 6.42 Å². The Morgan fingerprint density at radius 3 is 2.18 bits per heavy atom. The van der Waals surface area contributed by atoms with Crippen LogP contribution in [0.4, 0.5) is 17.5 Å². The number of nitrogens with two attached hydrogens (primary N) is 1. The van der Waals surface area contributed by atoms with Crippen molar-refractivity contribution in [2.75, 3.05) is 11.1 Å². The topological polar surface area (TPSA) is 89.6 Å². The highest BCUT2D eigenvalue weighted by atomic mass is 15.1. The molecule has 0 aromatic carbocycles. The van der Waals surface area contributed by atoms with E-state index in [1.807, 2.05) is 42.7 Å². The molecule has 0 unspecified atom stereocenters. The summed E-state index contributed by atoms with van der Waals surface area (Å²) in [4.78, 5) is 17.4. The van der Waals surface area contributed by atoms with Gasteiger partial charge in [0.1, 0.15) is 17.5 Å². The molecular formula is C22H20N6. The minimum absolute atomic E-state index is 0.112. The van der Waals surface area contributed by atoms with E-state index in [2.05, 4.69) is 43.5 Å². The number of rotatable bonds is 6. The van der Waals surface area contributed by atoms with E-state index in [4.69, 9.17) is 5.73 Å². The van der Waals surface area contributed by atoms with Crippen LogP contribution in [0, 0.1) is 0 Å². The number of anilines is 3. The van der Waals surface area contributed by atoms with E-state index < -0.39 is 0 Å². The van der Waals surface area contributed by atoms with Crippen LogP contribution in [0.25, 0.3) is 0 Å². The number of nitrogens with zero attached hydrogens (tertiary/aromatic N) is 4. The van der Waals surface area contributed by atoms with Crippen LogP contribution in [0.1, 0.15) is 22.6 Å². The molecule has 6 heteroatoms. The molecule has 0 fully saturated rings. The van der Waals surface area contributed by atoms with Gasteiger partial charge in [0, 0.05) is 36.9 Å². The molecule has 0 aliphatic carbocycles. The van der Waals surface area contributed by atoms with E-state index in [0.717, 1.165) is 28.9 Å². The maximum absolute atomic E-state index is 5.80. The molecular weight excluding hydrogens is 348 g/mol. The van der Waals surface area contributed by atoms with Crippen molar-refractivity contribution in [2.45, 2.75) is 12.3 Å². The zero-order valence-electron chi connectivity index (χ0n) is 15.2. The van der Waals surface area contributed by atoms with E-state index in [1.165, 1.54) is 0 Å². The largest absolute Gasteiger partial charge is 0.384 e. The van der Waals surface area contributed by atoms with Crippen molar-refractivity contribution in [3.63, 3.8) is 0 Å². The minimum atomic E-state index is 0.112. The van der Waals surface area contributed by atoms with Gasteiger partial charge in [-0.25, -0.2) is 9.97 Å². The zero-order chi connectivity index (χ0) is 19.2. The summed E-state index contributed by atoms with van der Waals surface area (Å²) in [6.07, 6.45) is 9.89. The fourth-order valence-corrected chi connectivity index (χ4v) is 3.17. The van der Waals surface area contributed by atoms with Crippen LogP contribution in [0.2, 0.25) is 0 Å². The summed E-state index contributed by atoms with van der Waals surface area (Å²) in [5.74, 6) is 2.00. The second-order valence-electron chi connectivity index (χ2n) is 6.41. The third-order valence-corrected chi connectivity index (χ3v) is 4.51. The lowest BCUT2D eigenvalue weighted by Gasteiger charge is -2.19. The van der Waals surface area contributed by atoms with Crippen molar-refractivity contribution in [3.8, 4) is 0 Å². The molecule has 0 atom stereocenters. The third kappa shape index (κ3) is 4.12. The molecule has 0 aliphatic rings. The summed E-state index contributed by atoms with van der Waals surface area (Å²) >= 11 is 0. The maximum atomic E-state index is 5.80. The summed E-state index contributed by atoms with van der Waals surface area (Å²) in [5, 5.41) is 3.29. The van der Waals surface area contributed by atoms with Crippen LogP contribution >= 0.6 is 0 Å². The molecule has 3 N–H and O–H groups in total. The molecule has 0 spiro atoms. The van der Waals surface area contributed by atoms with Crippen LogP contribution in [0.15, 0.2) is 85.6 Å². The first kappa shape index (κ1) is 17.6. The Morgan fingerprint density at radius 1 is 0.821 bits per heavy atom. The normalized spacial score (nSPS) is 10.8. The van der Waals surface area contributed by atoms with E-state index in [0.29, 0.717) is 11.6 Å². The lowest BCUT2D eigenvalue weighted by Crippen LogP contribution is -2.09. The molecule has 0 bridgehead atoms. The average molecular weight is 368 g/mol. The standard InChI is InChI=1S/C22H20N6/c23-20-8-1-9-21(27-20)28-22-16(5-4-12-26-22)13-19(17-6-2-10-24-14-17)18-7-3-11-25-15-18/h1-12,14-15,19H,13H2,(H3,23,26,27,28). The van der Waals surface area contributed by atoms with Gasteiger partial charge in [0.05, 0.1) is 0 Å². The fourth-order valence-electron chi connectivity index (χ4n) is 3.17. The fraction of sp³-hybridized carbons (Fsp3) is 0.0909. The monoisotopic (exact) mass is 368 g/mol. The lowest BCUT2D eigenvalue weighted by molar-refractivity contribution is 0.792. The molecule has 4 aromatic heterocycles. The van der Waals surface area contributed by atoms with Gasteiger partial charge >= 0.3 is 0 Å². The first-order valence-corrected chi connectivity index (χ1v) is 9.03. The summed E-state index contributed by atoms with van der Waals surface area (Å²) in [5.41, 5.74) is 9.13. The average Bonchev–Trinajstić information content (AvgIpc) is 2.74. The van der Waals surface area contributed by atoms with Gasteiger partial charge in [0.25, 0.3) is 0 Å². The molecule has 28 heavy (non-hydrogen) atoms. The van der Waals surface area contributed by atoms with Crippen LogP contribution in [-0.4, -0.2) is 19.9 Å². The highest BCUT2D eigenvalue weighted by molar-refractivity contribution is 5.57. The Labute approximate surface area is 163 Å². The second-order valence-corrected chi connectivity index (χ2v) is 6.41. The third-order valence-electron chi connectivity index (χ3n) is 4.51. The smallest absolute Gasteiger partial charge is 0.134 e. The predicted molar refractivity (Wildman–Crippen MR) is 110 cm³/mol. The molecule has 0 saturated heterocycles. The quantitative estimate of drug-likeness (QED) is 0.535. The maximum Gasteiger partial charge on any atom is 0.134 e. The first-order valence-electron chi connectivity index (χ1n) is 9.03. The predicted octanol–water partition coefficient (Wildman–Crippen LogP) is 3.97. The van der Waals surface area contributed by atoms with Gasteiger partial charge < -0.3 is 11.1 Å². The van der Waals surface area contributed by atoms with Gasteiger partial charge in [-0.15, -0.1) is 0 Å². The Kier molecular flexibility index (Phi) is 5.20. The van der Waals surface area contributed by atoms with Gasteiger partial charge in [-0.05, 0) is 53.4 Å². The van der Waals surface area contributed by atoms with E-state index in [1.54, 1.807) is 24.7 Å². The van der Waals surface area contributed by atoms with Crippen molar-refractivity contribution >= 4 is 17.5 Å². The highest BCUT2D eigenvalue weighted by Crippen LogP contribution is 2.30. The molecule has 0 radical (unpaired) electrons. The number of aromatic nitrogens is 4. The summed E-state index contributed by atoms with van der Waals surface area (Å²) in [6, 6.07) is 17.6. The molecule has 0 saturated carbocycles. The summed E-state index contributed by atoms with van der Waals surface area (Å²) < 4.78 is 0. The first-order chi connectivity index (χ1) is 13.8. The van der Waals surface area contributed by atoms with Gasteiger partial charge in [-0.1, -0.05) is 24.3 Å². The Hall–Kier alpha value is -3.80. The molecule has 6 nitrogen and oxygen atoms in total. The van der Waals surface area contributed by atoms with Crippen LogP contribution in [0.3, 0.4) is 0 Å². The zero-order valence-corrected chi connectivity index (χ0v) is 15.2. The van der Waals surface area contributed by atoms with Gasteiger partial charge in [0.2, 0.25) is 0 Å². The summed E-state index contributed by atoms with van der Waals surface area (Å²) in [7, 11) is 0. The molecule has 4 heterocycles. The number of pyridine rings is 4.